The van der Waals surface area contributed by atoms with Gasteiger partial charge in [-0.05, 0) is 105 Å². The van der Waals surface area contributed by atoms with Gasteiger partial charge in [-0.3, -0.25) is 24.0 Å². The van der Waals surface area contributed by atoms with Crippen molar-refractivity contribution >= 4 is 29.5 Å². The lowest BCUT2D eigenvalue weighted by Gasteiger charge is -2.18. The summed E-state index contributed by atoms with van der Waals surface area (Å²) in [5.74, 6) is 0.0321. The highest BCUT2D eigenvalue weighted by atomic mass is 16.6. The Morgan fingerprint density at radius 1 is 0.168 bits per heavy atom. The molecule has 0 aliphatic rings. The lowest BCUT2D eigenvalue weighted by Crippen LogP contribution is -2.30. The number of carbonyl (C=O) groups is 5. The van der Waals surface area contributed by atoms with Gasteiger partial charge in [0, 0.05) is 90.6 Å². The van der Waals surface area contributed by atoms with E-state index in [-0.39, 0.29) is 69.8 Å². The molecule has 3 amide bonds. The van der Waals surface area contributed by atoms with E-state index in [0.717, 1.165) is 104 Å². The average Bonchev–Trinajstić information content (AvgIpc) is 0.869. The number of esters is 1. The molecule has 0 aromatic heterocycles. The Hall–Kier alpha value is -3.17. The van der Waals surface area contributed by atoms with E-state index in [2.05, 4.69) is 161 Å². The molecule has 0 aliphatic carbocycles. The quantitative estimate of drug-likeness (QED) is 0.0376. The van der Waals surface area contributed by atoms with Crippen molar-refractivity contribution in [2.24, 2.45) is 65.0 Å². The molecule has 0 atom stereocenters. The van der Waals surface area contributed by atoms with E-state index in [0.29, 0.717) is 255 Å². The SMILES string of the molecule is CC(C)(C)CC(=O)NCCOCCOCC(=O)C(C)(C)C.CC(C)(C)CC(=O)NCCOCCOCCOCCOC(=O)CC(C)(C)C.CC(C)(C)CCOCCOCCC(C)(C)C.CC(C)(C)CCOCCOCCOCCC(C)(C)C.CC(C)(C)CCOCCOCCOCCOCCC(C)(C)C.CC(C)(C)CCOCCOCCOCCOCCNC(=O)CC(C)(C)C. The van der Waals surface area contributed by atoms with Gasteiger partial charge >= 0.3 is 5.97 Å². The van der Waals surface area contributed by atoms with Crippen LogP contribution in [0, 0.1) is 65.0 Å². The molecule has 0 saturated carbocycles. The number of hydrogen-bond donors (Lipinski definition) is 3. The molecule has 27 nitrogen and oxygen atoms in total. The molecule has 0 spiro atoms. The maximum absolute atomic E-state index is 11.6. The van der Waals surface area contributed by atoms with Crippen LogP contribution in [0.3, 0.4) is 0 Å². The molecular formula is C104H213N3O24. The summed E-state index contributed by atoms with van der Waals surface area (Å²) in [4.78, 5) is 57.8. The minimum atomic E-state index is -0.363. The van der Waals surface area contributed by atoms with Crippen LogP contribution in [0.4, 0.5) is 0 Å². The second-order valence-electron chi connectivity index (χ2n) is 47.5. The number of nitrogens with one attached hydrogen (secondary N) is 3. The first-order valence-electron chi connectivity index (χ1n) is 49.1. The molecule has 0 aromatic rings. The highest BCUT2D eigenvalue weighted by molar-refractivity contribution is 5.84. The maximum Gasteiger partial charge on any atom is 0.306 e. The van der Waals surface area contributed by atoms with E-state index in [1.807, 2.05) is 104 Å². The van der Waals surface area contributed by atoms with Gasteiger partial charge in [-0.2, -0.15) is 0 Å². The first-order chi connectivity index (χ1) is 60.2. The first kappa shape index (κ1) is 139. The van der Waals surface area contributed by atoms with Gasteiger partial charge in [-0.1, -0.05) is 249 Å². The number of amides is 3. The third kappa shape index (κ3) is 145. The van der Waals surface area contributed by atoms with Crippen LogP contribution in [0.25, 0.3) is 0 Å². The lowest BCUT2D eigenvalue weighted by molar-refractivity contribution is -0.147. The fraction of sp³-hybridized carbons (Fsp3) is 0.952. The highest BCUT2D eigenvalue weighted by Gasteiger charge is 2.23. The fourth-order valence-corrected chi connectivity index (χ4v) is 9.30. The highest BCUT2D eigenvalue weighted by Crippen LogP contribution is 2.25. The zero-order chi connectivity index (χ0) is 102. The summed E-state index contributed by atoms with van der Waals surface area (Å²) in [5, 5.41) is 8.49. The molecule has 788 valence electrons. The van der Waals surface area contributed by atoms with Crippen molar-refractivity contribution in [3.8, 4) is 0 Å². The second kappa shape index (κ2) is 81.6. The summed E-state index contributed by atoms with van der Waals surface area (Å²) in [5.41, 5.74) is 2.00. The smallest absolute Gasteiger partial charge is 0.306 e. The molecule has 0 aromatic carbocycles. The largest absolute Gasteiger partial charge is 0.463 e. The molecule has 0 saturated heterocycles. The van der Waals surface area contributed by atoms with Crippen LogP contribution in [-0.4, -0.2) is 294 Å². The number of ether oxygens (including phenoxy) is 19. The molecule has 0 rings (SSSR count). The Morgan fingerprint density at radius 3 is 0.466 bits per heavy atom. The van der Waals surface area contributed by atoms with Gasteiger partial charge in [-0.15, -0.1) is 0 Å². The average molecular weight is 1890 g/mol. The van der Waals surface area contributed by atoms with Crippen molar-refractivity contribution in [3.63, 3.8) is 0 Å². The monoisotopic (exact) mass is 1890 g/mol. The fourth-order valence-electron chi connectivity index (χ4n) is 9.30. The van der Waals surface area contributed by atoms with Gasteiger partial charge < -0.3 is 106 Å². The minimum absolute atomic E-state index is 0.00161. The van der Waals surface area contributed by atoms with Gasteiger partial charge in [0.1, 0.15) is 13.2 Å². The standard InChI is InChI=1S/C20H39NO6.C20H41NO5.C18H38O4.C16H31NO4.C16H34O3.C14H30O2/c1-19(2,3)15-17(22)21-7-8-24-9-10-25-11-12-26-13-14-27-18(23)16-20(4,5)6;1-19(2,3)7-9-23-11-13-25-15-16-26-14-12-24-10-8-21-18(22)17-20(4,5)6;1-17(2,3)7-9-19-11-13-21-15-16-22-14-12-20-10-8-18(4,5)6;1-15(2,3)11-14(19)17-7-8-20-9-10-21-12-13(18)16(4,5)6;1-15(2,3)7-9-17-11-13-19-14-12-18-10-8-16(4,5)6;1-13(2,3)7-9-15-11-12-16-10-8-14(4,5)6/h7-16H2,1-6H3,(H,21,22);7-17H2,1-6H3,(H,21,22);7-16H2,1-6H3;7-12H2,1-6H3,(H,17,19);7-14H2,1-6H3;7-12H2,1-6H3. The second-order valence-corrected chi connectivity index (χ2v) is 47.5. The minimum Gasteiger partial charge on any atom is -0.463 e. The van der Waals surface area contributed by atoms with E-state index in [4.69, 9.17) is 90.0 Å². The third-order valence-electron chi connectivity index (χ3n) is 17.5. The van der Waals surface area contributed by atoms with Crippen LogP contribution in [0.5, 0.6) is 0 Å². The van der Waals surface area contributed by atoms with Crippen LogP contribution in [0.1, 0.15) is 320 Å². The molecule has 27 heteroatoms. The van der Waals surface area contributed by atoms with E-state index in [1.165, 1.54) is 0 Å². The van der Waals surface area contributed by atoms with Crippen LogP contribution < -0.4 is 16.0 Å². The maximum atomic E-state index is 11.6. The summed E-state index contributed by atoms with van der Waals surface area (Å²) in [6.45, 7) is 99.9. The molecule has 0 bridgehead atoms. The van der Waals surface area contributed by atoms with Gasteiger partial charge in [0.2, 0.25) is 17.7 Å². The molecule has 0 aliphatic heterocycles. The van der Waals surface area contributed by atoms with E-state index >= 15 is 0 Å². The lowest BCUT2D eigenvalue weighted by atomic mass is 9.91. The predicted octanol–water partition coefficient (Wildman–Crippen LogP) is 19.5. The van der Waals surface area contributed by atoms with Crippen molar-refractivity contribution in [2.45, 2.75) is 320 Å². The van der Waals surface area contributed by atoms with E-state index in [1.54, 1.807) is 0 Å². The van der Waals surface area contributed by atoms with Crippen LogP contribution >= 0.6 is 0 Å². The summed E-state index contributed by atoms with van der Waals surface area (Å²) in [6, 6.07) is 0. The Morgan fingerprint density at radius 2 is 0.313 bits per heavy atom. The van der Waals surface area contributed by atoms with Gasteiger partial charge in [-0.25, -0.2) is 0 Å². The van der Waals surface area contributed by atoms with Crippen molar-refractivity contribution < 1.29 is 114 Å². The third-order valence-corrected chi connectivity index (χ3v) is 17.5. The number of carbonyl (C=O) groups excluding carboxylic acids is 5. The van der Waals surface area contributed by atoms with E-state index < -0.39 is 0 Å². The van der Waals surface area contributed by atoms with Crippen molar-refractivity contribution in [1.82, 2.24) is 16.0 Å². The molecular weight excluding hydrogens is 1680 g/mol. The van der Waals surface area contributed by atoms with Gasteiger partial charge in [0.15, 0.2) is 5.78 Å². The number of ketones is 1. The summed E-state index contributed by atoms with van der Waals surface area (Å²) >= 11 is 0. The van der Waals surface area contributed by atoms with Crippen LogP contribution in [0.15, 0.2) is 0 Å². The van der Waals surface area contributed by atoms with Crippen molar-refractivity contribution in [1.29, 1.82) is 0 Å². The molecule has 3 N–H and O–H groups in total. The van der Waals surface area contributed by atoms with Gasteiger partial charge in [0.05, 0.1) is 191 Å². The topological polar surface area (TPSA) is 297 Å². The normalized spacial score (nSPS) is 12.5. The Kier molecular flexibility index (Phi) is 86.3. The Labute approximate surface area is 804 Å². The van der Waals surface area contributed by atoms with Gasteiger partial charge in [0.25, 0.3) is 0 Å². The molecule has 0 radical (unpaired) electrons. The summed E-state index contributed by atoms with van der Waals surface area (Å²) in [7, 11) is 0. The van der Waals surface area contributed by atoms with Crippen molar-refractivity contribution in [2.75, 3.05) is 264 Å². The Bertz CT molecular complexity index is 2480. The first-order valence-corrected chi connectivity index (χ1v) is 49.1. The molecule has 0 fully saturated rings. The molecule has 131 heavy (non-hydrogen) atoms. The zero-order valence-corrected chi connectivity index (χ0v) is 91.9. The predicted molar refractivity (Wildman–Crippen MR) is 534 cm³/mol. The molecule has 0 unspecified atom stereocenters. The van der Waals surface area contributed by atoms with E-state index in [9.17, 15) is 24.0 Å². The zero-order valence-electron chi connectivity index (χ0n) is 91.9. The van der Waals surface area contributed by atoms with Crippen LogP contribution in [-0.2, 0) is 114 Å². The van der Waals surface area contributed by atoms with Crippen molar-refractivity contribution in [3.05, 3.63) is 0 Å². The Balaban J connectivity index is -0.000000361. The number of Topliss-reactive ketones (excluding diaryl/α,β-unsaturated/α-hetero) is 1. The summed E-state index contributed by atoms with van der Waals surface area (Å²) in [6.07, 6.45) is 9.52. The number of hydrogen-bond acceptors (Lipinski definition) is 24. The number of rotatable bonds is 68. The molecule has 0 heterocycles. The van der Waals surface area contributed by atoms with Crippen LogP contribution in [0.2, 0.25) is 0 Å². The summed E-state index contributed by atoms with van der Waals surface area (Å²) < 4.78 is 103.